The fourth-order valence-electron chi connectivity index (χ4n) is 3.30. The van der Waals surface area contributed by atoms with Gasteiger partial charge in [0.05, 0.1) is 11.9 Å². The van der Waals surface area contributed by atoms with Crippen LogP contribution >= 0.6 is 11.6 Å². The van der Waals surface area contributed by atoms with Crippen molar-refractivity contribution >= 4 is 39.1 Å². The summed E-state index contributed by atoms with van der Waals surface area (Å²) in [6.45, 7) is 7.56. The van der Waals surface area contributed by atoms with Crippen molar-refractivity contribution in [3.05, 3.63) is 64.2 Å². The molecule has 0 aliphatic carbocycles. The number of carbonyl (C=O) groups is 2. The number of carbonyl (C=O) groups excluding carboxylic acids is 2. The molecule has 2 rings (SSSR count). The third-order valence-electron chi connectivity index (χ3n) is 5.42. The first-order chi connectivity index (χ1) is 15.4. The highest BCUT2D eigenvalue weighted by Gasteiger charge is 2.30. The summed E-state index contributed by atoms with van der Waals surface area (Å²) in [5.74, 6) is -0.790. The molecule has 0 spiro atoms. The van der Waals surface area contributed by atoms with Gasteiger partial charge >= 0.3 is 0 Å². The van der Waals surface area contributed by atoms with Crippen molar-refractivity contribution in [2.45, 2.75) is 46.7 Å². The molecule has 2 amide bonds. The van der Waals surface area contributed by atoms with Gasteiger partial charge in [-0.2, -0.15) is 0 Å². The Kier molecular flexibility index (Phi) is 9.31. The average Bonchev–Trinajstić information content (AvgIpc) is 2.74. The van der Waals surface area contributed by atoms with Crippen LogP contribution in [0.25, 0.3) is 0 Å². The maximum Gasteiger partial charge on any atom is 0.244 e. The van der Waals surface area contributed by atoms with E-state index in [-0.39, 0.29) is 12.5 Å². The number of amides is 2. The summed E-state index contributed by atoms with van der Waals surface area (Å²) in [5, 5.41) is 3.31. The van der Waals surface area contributed by atoms with Crippen molar-refractivity contribution < 1.29 is 18.0 Å². The molecule has 0 aliphatic rings. The smallest absolute Gasteiger partial charge is 0.244 e. The molecule has 0 fully saturated rings. The second-order valence-corrected chi connectivity index (χ2v) is 10.5. The molecule has 7 nitrogen and oxygen atoms in total. The fourth-order valence-corrected chi connectivity index (χ4v) is 4.36. The molecule has 0 aromatic heterocycles. The SMILES string of the molecule is CCCNC(=O)[C@@H](C)N(Cc1cccc(Cl)c1)C(=O)CN(c1ccc(C)c(C)c1)S(C)(=O)=O. The Morgan fingerprint density at radius 2 is 1.79 bits per heavy atom. The molecular formula is C24H32ClN3O4S. The summed E-state index contributed by atoms with van der Waals surface area (Å²) in [5.41, 5.74) is 3.07. The lowest BCUT2D eigenvalue weighted by molar-refractivity contribution is -0.139. The van der Waals surface area contributed by atoms with E-state index in [0.717, 1.165) is 33.7 Å². The van der Waals surface area contributed by atoms with Crippen LogP contribution in [0.5, 0.6) is 0 Å². The van der Waals surface area contributed by atoms with Crippen molar-refractivity contribution in [3.8, 4) is 0 Å². The monoisotopic (exact) mass is 493 g/mol. The molecule has 0 heterocycles. The second kappa shape index (κ2) is 11.5. The third kappa shape index (κ3) is 7.47. The Hall–Kier alpha value is -2.58. The largest absolute Gasteiger partial charge is 0.354 e. The van der Waals surface area contributed by atoms with Crippen molar-refractivity contribution in [2.24, 2.45) is 0 Å². The fraction of sp³-hybridized carbons (Fsp3) is 0.417. The summed E-state index contributed by atoms with van der Waals surface area (Å²) in [6, 6.07) is 11.4. The van der Waals surface area contributed by atoms with Crippen LogP contribution in [0.1, 0.15) is 37.0 Å². The maximum absolute atomic E-state index is 13.4. The van der Waals surface area contributed by atoms with Gasteiger partial charge in [-0.25, -0.2) is 8.42 Å². The number of hydrogen-bond donors (Lipinski definition) is 1. The van der Waals surface area contributed by atoms with Crippen LogP contribution in [0.3, 0.4) is 0 Å². The molecule has 2 aromatic rings. The Bertz CT molecular complexity index is 1100. The minimum absolute atomic E-state index is 0.116. The molecule has 1 atom stereocenters. The van der Waals surface area contributed by atoms with Gasteiger partial charge in [-0.15, -0.1) is 0 Å². The predicted octanol–water partition coefficient (Wildman–Crippen LogP) is 3.67. The second-order valence-electron chi connectivity index (χ2n) is 8.16. The number of benzene rings is 2. The molecule has 0 saturated carbocycles. The summed E-state index contributed by atoms with van der Waals surface area (Å²) in [4.78, 5) is 27.5. The first-order valence-electron chi connectivity index (χ1n) is 10.8. The van der Waals surface area contributed by atoms with Crippen LogP contribution in [-0.4, -0.2) is 50.5 Å². The topological polar surface area (TPSA) is 86.8 Å². The highest BCUT2D eigenvalue weighted by atomic mass is 35.5. The number of rotatable bonds is 10. The normalized spacial score (nSPS) is 12.2. The Morgan fingerprint density at radius 3 is 2.36 bits per heavy atom. The van der Waals surface area contributed by atoms with Gasteiger partial charge < -0.3 is 10.2 Å². The highest BCUT2D eigenvalue weighted by Crippen LogP contribution is 2.22. The van der Waals surface area contributed by atoms with Gasteiger partial charge in [-0.1, -0.05) is 36.7 Å². The third-order valence-corrected chi connectivity index (χ3v) is 6.79. The number of nitrogens with zero attached hydrogens (tertiary/aromatic N) is 2. The van der Waals surface area contributed by atoms with E-state index < -0.39 is 28.5 Å². The number of anilines is 1. The van der Waals surface area contributed by atoms with Gasteiger partial charge in [0, 0.05) is 18.1 Å². The van der Waals surface area contributed by atoms with E-state index in [2.05, 4.69) is 5.32 Å². The van der Waals surface area contributed by atoms with Crippen molar-refractivity contribution in [1.82, 2.24) is 10.2 Å². The Balaban J connectivity index is 2.39. The van der Waals surface area contributed by atoms with Crippen LogP contribution < -0.4 is 9.62 Å². The number of halogens is 1. The minimum atomic E-state index is -3.75. The van der Waals surface area contributed by atoms with E-state index in [4.69, 9.17) is 11.6 Å². The van der Waals surface area contributed by atoms with Crippen LogP contribution in [0.15, 0.2) is 42.5 Å². The van der Waals surface area contributed by atoms with Gasteiger partial charge in [0.25, 0.3) is 0 Å². The zero-order valence-electron chi connectivity index (χ0n) is 19.8. The molecule has 9 heteroatoms. The van der Waals surface area contributed by atoms with E-state index in [1.165, 1.54) is 4.90 Å². The molecule has 0 unspecified atom stereocenters. The quantitative estimate of drug-likeness (QED) is 0.547. The zero-order valence-corrected chi connectivity index (χ0v) is 21.3. The van der Waals surface area contributed by atoms with Gasteiger partial charge in [-0.3, -0.25) is 13.9 Å². The summed E-state index contributed by atoms with van der Waals surface area (Å²) in [7, 11) is -3.75. The minimum Gasteiger partial charge on any atom is -0.354 e. The number of sulfonamides is 1. The lowest BCUT2D eigenvalue weighted by Gasteiger charge is -2.31. The Labute approximate surface area is 201 Å². The molecule has 33 heavy (non-hydrogen) atoms. The van der Waals surface area contributed by atoms with E-state index in [9.17, 15) is 18.0 Å². The number of hydrogen-bond acceptors (Lipinski definition) is 4. The highest BCUT2D eigenvalue weighted by molar-refractivity contribution is 7.92. The van der Waals surface area contributed by atoms with Crippen LogP contribution in [0.4, 0.5) is 5.69 Å². The van der Waals surface area contributed by atoms with E-state index in [0.29, 0.717) is 17.3 Å². The number of aryl methyl sites for hydroxylation is 2. The van der Waals surface area contributed by atoms with Crippen LogP contribution in [0, 0.1) is 13.8 Å². The predicted molar refractivity (Wildman–Crippen MR) is 133 cm³/mol. The van der Waals surface area contributed by atoms with Gasteiger partial charge in [-0.05, 0) is 68.1 Å². The molecule has 0 saturated heterocycles. The number of nitrogens with one attached hydrogen (secondary N) is 1. The van der Waals surface area contributed by atoms with E-state index in [1.54, 1.807) is 43.3 Å². The van der Waals surface area contributed by atoms with Crippen molar-refractivity contribution in [3.63, 3.8) is 0 Å². The summed E-state index contributed by atoms with van der Waals surface area (Å²) in [6.07, 6.45) is 1.82. The van der Waals surface area contributed by atoms with E-state index in [1.807, 2.05) is 26.8 Å². The lowest BCUT2D eigenvalue weighted by atomic mass is 10.1. The van der Waals surface area contributed by atoms with Crippen molar-refractivity contribution in [1.29, 1.82) is 0 Å². The molecular weight excluding hydrogens is 462 g/mol. The van der Waals surface area contributed by atoms with Crippen LogP contribution in [-0.2, 0) is 26.2 Å². The first-order valence-corrected chi connectivity index (χ1v) is 13.0. The molecule has 2 aromatic carbocycles. The van der Waals surface area contributed by atoms with E-state index >= 15 is 0 Å². The van der Waals surface area contributed by atoms with Crippen LogP contribution in [0.2, 0.25) is 5.02 Å². The van der Waals surface area contributed by atoms with Gasteiger partial charge in [0.15, 0.2) is 0 Å². The molecule has 0 bridgehead atoms. The maximum atomic E-state index is 13.4. The molecule has 0 radical (unpaired) electrons. The lowest BCUT2D eigenvalue weighted by Crippen LogP contribution is -2.51. The summed E-state index contributed by atoms with van der Waals surface area (Å²) >= 11 is 6.10. The van der Waals surface area contributed by atoms with Gasteiger partial charge in [0.2, 0.25) is 21.8 Å². The molecule has 1 N–H and O–H groups in total. The average molecular weight is 494 g/mol. The standard InChI is InChI=1S/C24H32ClN3O4S/c1-6-12-26-24(30)19(4)27(15-20-8-7-9-21(25)14-20)23(29)16-28(33(5,31)32)22-11-10-17(2)18(3)13-22/h7-11,13-14,19H,6,12,15-16H2,1-5H3,(H,26,30)/t19-/m1/s1. The van der Waals surface area contributed by atoms with Crippen molar-refractivity contribution in [2.75, 3.05) is 23.7 Å². The zero-order chi connectivity index (χ0) is 24.8. The summed E-state index contributed by atoms with van der Waals surface area (Å²) < 4.78 is 26.3. The van der Waals surface area contributed by atoms with Gasteiger partial charge in [0.1, 0.15) is 12.6 Å². The Morgan fingerprint density at radius 1 is 1.09 bits per heavy atom. The first kappa shape index (κ1) is 26.7. The molecule has 0 aliphatic heterocycles. The molecule has 180 valence electrons.